The molecule has 2 heterocycles. The summed E-state index contributed by atoms with van der Waals surface area (Å²) in [5, 5.41) is 9.57. The molecule has 0 atom stereocenters. The van der Waals surface area contributed by atoms with Crippen molar-refractivity contribution in [2.24, 2.45) is 5.41 Å². The minimum absolute atomic E-state index is 0.168. The van der Waals surface area contributed by atoms with Gasteiger partial charge in [0.2, 0.25) is 0 Å². The molecule has 33 heavy (non-hydrogen) atoms. The molecule has 7 nitrogen and oxygen atoms in total. The van der Waals surface area contributed by atoms with E-state index >= 15 is 0 Å². The topological polar surface area (TPSA) is 103 Å². The highest BCUT2D eigenvalue weighted by molar-refractivity contribution is 5.85. The van der Waals surface area contributed by atoms with E-state index in [0.29, 0.717) is 18.7 Å². The molecule has 0 spiro atoms. The third-order valence-electron chi connectivity index (χ3n) is 6.69. The molecule has 0 amide bonds. The van der Waals surface area contributed by atoms with Crippen molar-refractivity contribution in [2.75, 3.05) is 5.73 Å². The lowest BCUT2D eigenvalue weighted by atomic mass is 9.71. The number of rotatable bonds is 5. The van der Waals surface area contributed by atoms with E-state index in [4.69, 9.17) is 15.5 Å². The second-order valence-electron chi connectivity index (χ2n) is 8.93. The molecule has 2 aromatic heterocycles. The molecule has 5 rings (SSSR count). The number of carbonyl (C=O) groups is 1. The van der Waals surface area contributed by atoms with Crippen LogP contribution in [0.3, 0.4) is 0 Å². The summed E-state index contributed by atoms with van der Waals surface area (Å²) in [6.07, 6.45) is 6.36. The van der Waals surface area contributed by atoms with Crippen molar-refractivity contribution >= 4 is 17.3 Å². The van der Waals surface area contributed by atoms with Crippen molar-refractivity contribution in [3.8, 4) is 22.8 Å². The summed E-state index contributed by atoms with van der Waals surface area (Å²) in [6, 6.07) is 17.4. The van der Waals surface area contributed by atoms with Crippen LogP contribution in [-0.2, 0) is 4.79 Å². The standard InChI is InChI=1S/C26H26N4O3/c1-26(25(31)32)13-11-18(12-14-26)24-29-21(22-23(27)28-15-16-30(22)24)17-7-9-20(10-8-17)33-19-5-3-2-4-6-19/h2-10,15-16,18H,11-14H2,1H3,(H2,27,28)(H,31,32)/t18-,26-. The summed E-state index contributed by atoms with van der Waals surface area (Å²) < 4.78 is 7.92. The molecule has 4 aromatic rings. The molecule has 2 aromatic carbocycles. The van der Waals surface area contributed by atoms with E-state index in [1.54, 1.807) is 6.20 Å². The van der Waals surface area contributed by atoms with E-state index in [1.165, 1.54) is 0 Å². The number of aliphatic carboxylic acids is 1. The predicted molar refractivity (Wildman–Crippen MR) is 126 cm³/mol. The molecule has 0 bridgehead atoms. The van der Waals surface area contributed by atoms with E-state index in [0.717, 1.165) is 46.9 Å². The number of hydrogen-bond acceptors (Lipinski definition) is 5. The van der Waals surface area contributed by atoms with Crippen LogP contribution >= 0.6 is 0 Å². The second-order valence-corrected chi connectivity index (χ2v) is 8.93. The minimum atomic E-state index is -0.721. The zero-order chi connectivity index (χ0) is 23.0. The molecule has 168 valence electrons. The molecule has 1 aliphatic rings. The van der Waals surface area contributed by atoms with Crippen molar-refractivity contribution in [2.45, 2.75) is 38.5 Å². The number of fused-ring (bicyclic) bond motifs is 1. The first-order chi connectivity index (χ1) is 15.9. The zero-order valence-corrected chi connectivity index (χ0v) is 18.4. The maximum atomic E-state index is 11.7. The highest BCUT2D eigenvalue weighted by Crippen LogP contribution is 2.44. The minimum Gasteiger partial charge on any atom is -0.481 e. The Hall–Kier alpha value is -3.87. The number of nitrogen functional groups attached to an aromatic ring is 1. The van der Waals surface area contributed by atoms with Gasteiger partial charge in [-0.15, -0.1) is 0 Å². The van der Waals surface area contributed by atoms with Crippen molar-refractivity contribution in [3.63, 3.8) is 0 Å². The van der Waals surface area contributed by atoms with Crippen LogP contribution in [0.15, 0.2) is 67.0 Å². The molecule has 1 fully saturated rings. The zero-order valence-electron chi connectivity index (χ0n) is 18.4. The van der Waals surface area contributed by atoms with Crippen LogP contribution in [0.4, 0.5) is 5.82 Å². The van der Waals surface area contributed by atoms with Gasteiger partial charge in [0.25, 0.3) is 0 Å². The lowest BCUT2D eigenvalue weighted by molar-refractivity contribution is -0.150. The first kappa shape index (κ1) is 21.0. The largest absolute Gasteiger partial charge is 0.481 e. The summed E-state index contributed by atoms with van der Waals surface area (Å²) in [4.78, 5) is 20.9. The van der Waals surface area contributed by atoms with Gasteiger partial charge < -0.3 is 15.6 Å². The fourth-order valence-corrected chi connectivity index (χ4v) is 4.61. The molecule has 7 heteroatoms. The van der Waals surface area contributed by atoms with Gasteiger partial charge in [-0.1, -0.05) is 18.2 Å². The number of anilines is 1. The molecular formula is C26H26N4O3. The van der Waals surface area contributed by atoms with Gasteiger partial charge in [0, 0.05) is 23.9 Å². The summed E-state index contributed by atoms with van der Waals surface area (Å²) in [7, 11) is 0. The van der Waals surface area contributed by atoms with Crippen LogP contribution in [0, 0.1) is 5.41 Å². The number of aromatic nitrogens is 3. The first-order valence-corrected chi connectivity index (χ1v) is 11.1. The highest BCUT2D eigenvalue weighted by atomic mass is 16.5. The summed E-state index contributed by atoms with van der Waals surface area (Å²) in [5.41, 5.74) is 8.08. The van der Waals surface area contributed by atoms with Crippen LogP contribution in [0.2, 0.25) is 0 Å². The van der Waals surface area contributed by atoms with Crippen LogP contribution < -0.4 is 10.5 Å². The van der Waals surface area contributed by atoms with Gasteiger partial charge in [-0.25, -0.2) is 9.97 Å². The SMILES string of the molecule is C[C@]1(C(=O)O)CC[C@H](c2nc(-c3ccc(Oc4ccccc4)cc3)c3c(N)nccn32)CC1. The van der Waals surface area contributed by atoms with Gasteiger partial charge in [-0.05, 0) is 69.0 Å². The predicted octanol–water partition coefficient (Wildman–Crippen LogP) is 5.52. The fraction of sp³-hybridized carbons (Fsp3) is 0.269. The monoisotopic (exact) mass is 442 g/mol. The Bertz CT molecular complexity index is 1290. The number of nitrogens with two attached hydrogens (primary N) is 1. The maximum absolute atomic E-state index is 11.7. The number of para-hydroxylation sites is 1. The van der Waals surface area contributed by atoms with Gasteiger partial charge in [0.05, 0.1) is 5.41 Å². The molecule has 3 N–H and O–H groups in total. The lowest BCUT2D eigenvalue weighted by Gasteiger charge is -2.33. The number of benzene rings is 2. The highest BCUT2D eigenvalue weighted by Gasteiger charge is 2.39. The Kier molecular flexibility index (Phi) is 5.24. The van der Waals surface area contributed by atoms with E-state index in [2.05, 4.69) is 4.98 Å². The summed E-state index contributed by atoms with van der Waals surface area (Å²) in [5.74, 6) is 2.29. The van der Waals surface area contributed by atoms with Crippen molar-refractivity contribution < 1.29 is 14.6 Å². The Labute approximate surface area is 191 Å². The molecule has 0 unspecified atom stereocenters. The van der Waals surface area contributed by atoms with Crippen LogP contribution in [0.25, 0.3) is 16.8 Å². The van der Waals surface area contributed by atoms with Gasteiger partial charge in [-0.2, -0.15) is 0 Å². The Morgan fingerprint density at radius 3 is 2.42 bits per heavy atom. The third kappa shape index (κ3) is 3.91. The van der Waals surface area contributed by atoms with Gasteiger partial charge in [-0.3, -0.25) is 9.20 Å². The average Bonchev–Trinajstić information content (AvgIpc) is 3.22. The molecule has 0 saturated heterocycles. The first-order valence-electron chi connectivity index (χ1n) is 11.1. The molecule has 1 saturated carbocycles. The average molecular weight is 443 g/mol. The van der Waals surface area contributed by atoms with Crippen LogP contribution in [-0.4, -0.2) is 25.4 Å². The second kappa shape index (κ2) is 8.24. The number of nitrogens with zero attached hydrogens (tertiary/aromatic N) is 3. The van der Waals surface area contributed by atoms with E-state index < -0.39 is 11.4 Å². The quantitative estimate of drug-likeness (QED) is 0.422. The summed E-state index contributed by atoms with van der Waals surface area (Å²) in [6.45, 7) is 1.83. The molecule has 0 radical (unpaired) electrons. The number of carboxylic acids is 1. The van der Waals surface area contributed by atoms with Crippen molar-refractivity contribution in [3.05, 3.63) is 72.8 Å². The Morgan fingerprint density at radius 1 is 1.09 bits per heavy atom. The van der Waals surface area contributed by atoms with Crippen molar-refractivity contribution in [1.82, 2.24) is 14.4 Å². The molecule has 0 aliphatic heterocycles. The Morgan fingerprint density at radius 2 is 1.76 bits per heavy atom. The smallest absolute Gasteiger partial charge is 0.309 e. The van der Waals surface area contributed by atoms with Crippen molar-refractivity contribution in [1.29, 1.82) is 0 Å². The third-order valence-corrected chi connectivity index (χ3v) is 6.69. The van der Waals surface area contributed by atoms with Crippen LogP contribution in [0.5, 0.6) is 11.5 Å². The maximum Gasteiger partial charge on any atom is 0.309 e. The number of hydrogen-bond donors (Lipinski definition) is 2. The number of ether oxygens (including phenoxy) is 1. The molecule has 1 aliphatic carbocycles. The van der Waals surface area contributed by atoms with Gasteiger partial charge >= 0.3 is 5.97 Å². The Balaban J connectivity index is 1.48. The molecular weight excluding hydrogens is 416 g/mol. The fourth-order valence-electron chi connectivity index (χ4n) is 4.61. The normalized spacial score (nSPS) is 20.6. The van der Waals surface area contributed by atoms with Crippen LogP contribution in [0.1, 0.15) is 44.3 Å². The number of carboxylic acid groups (broad SMARTS) is 1. The van der Waals surface area contributed by atoms with E-state index in [-0.39, 0.29) is 5.92 Å². The summed E-state index contributed by atoms with van der Waals surface area (Å²) >= 11 is 0. The van der Waals surface area contributed by atoms with E-state index in [1.807, 2.05) is 72.1 Å². The lowest BCUT2D eigenvalue weighted by Crippen LogP contribution is -2.32. The van der Waals surface area contributed by atoms with E-state index in [9.17, 15) is 9.90 Å². The van der Waals surface area contributed by atoms with Gasteiger partial charge in [0.1, 0.15) is 34.4 Å². The van der Waals surface area contributed by atoms with Gasteiger partial charge in [0.15, 0.2) is 0 Å². The number of imidazole rings is 1.